The van der Waals surface area contributed by atoms with Crippen LogP contribution in [0.5, 0.6) is 0 Å². The Labute approximate surface area is 142 Å². The van der Waals surface area contributed by atoms with Crippen LogP contribution in [0.3, 0.4) is 0 Å². The second kappa shape index (κ2) is 6.60. The van der Waals surface area contributed by atoms with Crippen LogP contribution in [-0.2, 0) is 11.3 Å². The van der Waals surface area contributed by atoms with Crippen molar-refractivity contribution in [2.24, 2.45) is 0 Å². The molecule has 2 N–H and O–H groups in total. The van der Waals surface area contributed by atoms with Gasteiger partial charge in [-0.1, -0.05) is 12.1 Å². The maximum atomic E-state index is 12.3. The molecule has 0 unspecified atom stereocenters. The highest BCUT2D eigenvalue weighted by Gasteiger charge is 2.12. The topological polar surface area (TPSA) is 102 Å². The summed E-state index contributed by atoms with van der Waals surface area (Å²) in [5.74, 6) is -0.386. The summed E-state index contributed by atoms with van der Waals surface area (Å²) in [7, 11) is 0. The Bertz CT molecular complexity index is 1040. The Hall–Kier alpha value is -3.42. The third kappa shape index (κ3) is 3.57. The first kappa shape index (κ1) is 16.4. The van der Waals surface area contributed by atoms with E-state index < -0.39 is 11.2 Å². The van der Waals surface area contributed by atoms with Crippen LogP contribution in [0.25, 0.3) is 5.69 Å². The fourth-order valence-electron chi connectivity index (χ4n) is 2.55. The monoisotopic (exact) mass is 339 g/mol. The van der Waals surface area contributed by atoms with Gasteiger partial charge in [0.2, 0.25) is 5.91 Å². The number of rotatable bonds is 4. The molecule has 2 heterocycles. The zero-order chi connectivity index (χ0) is 18.0. The van der Waals surface area contributed by atoms with E-state index in [1.54, 1.807) is 16.8 Å². The first-order chi connectivity index (χ1) is 11.9. The number of carbonyl (C=O) groups excluding carboxylic acids is 1. The van der Waals surface area contributed by atoms with Gasteiger partial charge in [-0.05, 0) is 32.0 Å². The summed E-state index contributed by atoms with van der Waals surface area (Å²) in [6, 6.07) is 10.4. The Kier molecular flexibility index (Phi) is 4.34. The maximum Gasteiger partial charge on any atom is 0.328 e. The number of carbonyl (C=O) groups is 1. The van der Waals surface area contributed by atoms with E-state index in [9.17, 15) is 14.4 Å². The molecule has 0 atom stereocenters. The summed E-state index contributed by atoms with van der Waals surface area (Å²) >= 11 is 0. The molecule has 1 amide bonds. The number of benzene rings is 1. The molecule has 8 heteroatoms. The van der Waals surface area contributed by atoms with E-state index in [4.69, 9.17) is 0 Å². The van der Waals surface area contributed by atoms with Gasteiger partial charge in [0.15, 0.2) is 0 Å². The maximum absolute atomic E-state index is 12.3. The standard InChI is InChI=1S/C17H17N5O3/c1-11-9-12(2)22(20-11)14-6-4-3-5-13(14)18-16(24)10-21-8-7-15(23)19-17(21)25/h3-9H,10H2,1-2H3,(H,18,24)(H,19,23,25). The number of para-hydroxylation sites is 2. The van der Waals surface area contributed by atoms with Crippen molar-refractivity contribution in [2.75, 3.05) is 5.32 Å². The molecule has 8 nitrogen and oxygen atoms in total. The van der Waals surface area contributed by atoms with E-state index >= 15 is 0 Å². The Morgan fingerprint density at radius 1 is 1.20 bits per heavy atom. The summed E-state index contributed by atoms with van der Waals surface area (Å²) in [5.41, 5.74) is 1.99. The van der Waals surface area contributed by atoms with Gasteiger partial charge in [0, 0.05) is 18.0 Å². The lowest BCUT2D eigenvalue weighted by Crippen LogP contribution is -2.32. The second-order valence-electron chi connectivity index (χ2n) is 5.64. The van der Waals surface area contributed by atoms with Gasteiger partial charge in [0.1, 0.15) is 6.54 Å². The number of hydrogen-bond donors (Lipinski definition) is 2. The number of nitrogens with one attached hydrogen (secondary N) is 2. The van der Waals surface area contributed by atoms with Crippen LogP contribution >= 0.6 is 0 Å². The quantitative estimate of drug-likeness (QED) is 0.739. The van der Waals surface area contributed by atoms with Gasteiger partial charge in [-0.15, -0.1) is 0 Å². The number of anilines is 1. The Balaban J connectivity index is 1.86. The average molecular weight is 339 g/mol. The average Bonchev–Trinajstić information content (AvgIpc) is 2.89. The first-order valence-electron chi connectivity index (χ1n) is 7.66. The molecule has 3 aromatic rings. The highest BCUT2D eigenvalue weighted by Crippen LogP contribution is 2.21. The van der Waals surface area contributed by atoms with Gasteiger partial charge in [-0.3, -0.25) is 19.1 Å². The van der Waals surface area contributed by atoms with E-state index in [1.165, 1.54) is 12.3 Å². The predicted octanol–water partition coefficient (Wildman–Crippen LogP) is 0.978. The van der Waals surface area contributed by atoms with Crippen LogP contribution in [0.15, 0.2) is 52.2 Å². The lowest BCUT2D eigenvalue weighted by molar-refractivity contribution is -0.116. The van der Waals surface area contributed by atoms with Crippen LogP contribution < -0.4 is 16.6 Å². The molecule has 0 bridgehead atoms. The third-order valence-corrected chi connectivity index (χ3v) is 3.63. The molecule has 2 aromatic heterocycles. The molecule has 25 heavy (non-hydrogen) atoms. The molecule has 0 saturated carbocycles. The molecule has 0 aliphatic carbocycles. The summed E-state index contributed by atoms with van der Waals surface area (Å²) in [6.45, 7) is 3.62. The Morgan fingerprint density at radius 2 is 1.96 bits per heavy atom. The second-order valence-corrected chi connectivity index (χ2v) is 5.64. The van der Waals surface area contributed by atoms with Gasteiger partial charge in [0.05, 0.1) is 17.1 Å². The zero-order valence-corrected chi connectivity index (χ0v) is 13.8. The van der Waals surface area contributed by atoms with Crippen molar-refractivity contribution < 1.29 is 4.79 Å². The highest BCUT2D eigenvalue weighted by molar-refractivity contribution is 5.92. The number of hydrogen-bond acceptors (Lipinski definition) is 4. The molecule has 0 saturated heterocycles. The molecule has 0 radical (unpaired) electrons. The molecule has 0 aliphatic heterocycles. The highest BCUT2D eigenvalue weighted by atomic mass is 16.2. The van der Waals surface area contributed by atoms with Gasteiger partial charge in [-0.25, -0.2) is 9.48 Å². The molecule has 0 aliphatic rings. The van der Waals surface area contributed by atoms with Gasteiger partial charge < -0.3 is 5.32 Å². The normalized spacial score (nSPS) is 10.6. The lowest BCUT2D eigenvalue weighted by atomic mass is 10.2. The van der Waals surface area contributed by atoms with Crippen LogP contribution in [0.4, 0.5) is 5.69 Å². The molecular formula is C17H17N5O3. The SMILES string of the molecule is Cc1cc(C)n(-c2ccccc2NC(=O)Cn2ccc(=O)[nH]c2=O)n1. The van der Waals surface area contributed by atoms with Crippen LogP contribution in [0.2, 0.25) is 0 Å². The van der Waals surface area contributed by atoms with Crippen molar-refractivity contribution in [2.45, 2.75) is 20.4 Å². The molecule has 1 aromatic carbocycles. The lowest BCUT2D eigenvalue weighted by Gasteiger charge is -2.13. The van der Waals surface area contributed by atoms with Crippen molar-refractivity contribution in [1.29, 1.82) is 0 Å². The Morgan fingerprint density at radius 3 is 2.64 bits per heavy atom. The summed E-state index contributed by atoms with van der Waals surface area (Å²) in [5, 5.41) is 7.21. The van der Waals surface area contributed by atoms with E-state index in [1.807, 2.05) is 32.0 Å². The summed E-state index contributed by atoms with van der Waals surface area (Å²) < 4.78 is 2.87. The van der Waals surface area contributed by atoms with Crippen molar-refractivity contribution in [3.63, 3.8) is 0 Å². The van der Waals surface area contributed by atoms with Crippen molar-refractivity contribution in [1.82, 2.24) is 19.3 Å². The van der Waals surface area contributed by atoms with E-state index in [0.29, 0.717) is 5.69 Å². The number of nitrogens with zero attached hydrogens (tertiary/aromatic N) is 3. The summed E-state index contributed by atoms with van der Waals surface area (Å²) in [4.78, 5) is 37.2. The minimum atomic E-state index is -0.630. The number of amides is 1. The fourth-order valence-corrected chi connectivity index (χ4v) is 2.55. The van der Waals surface area contributed by atoms with E-state index in [0.717, 1.165) is 21.6 Å². The van der Waals surface area contributed by atoms with Crippen LogP contribution in [0.1, 0.15) is 11.4 Å². The molecule has 0 spiro atoms. The summed E-state index contributed by atoms with van der Waals surface area (Å²) in [6.07, 6.45) is 1.29. The van der Waals surface area contributed by atoms with Crippen LogP contribution in [-0.4, -0.2) is 25.2 Å². The number of aryl methyl sites for hydroxylation is 2. The number of aromatic amines is 1. The smallest absolute Gasteiger partial charge is 0.323 e. The van der Waals surface area contributed by atoms with Gasteiger partial charge in [-0.2, -0.15) is 5.10 Å². The van der Waals surface area contributed by atoms with E-state index in [-0.39, 0.29) is 12.5 Å². The predicted molar refractivity (Wildman–Crippen MR) is 93.0 cm³/mol. The number of H-pyrrole nitrogens is 1. The molecule has 128 valence electrons. The van der Waals surface area contributed by atoms with E-state index in [2.05, 4.69) is 15.4 Å². The van der Waals surface area contributed by atoms with Crippen molar-refractivity contribution in [3.05, 3.63) is 74.8 Å². The number of aromatic nitrogens is 4. The van der Waals surface area contributed by atoms with Crippen molar-refractivity contribution >= 4 is 11.6 Å². The largest absolute Gasteiger partial charge is 0.328 e. The minimum absolute atomic E-state index is 0.207. The molecule has 0 fully saturated rings. The van der Waals surface area contributed by atoms with Gasteiger partial charge >= 0.3 is 5.69 Å². The molecular weight excluding hydrogens is 322 g/mol. The molecule has 3 rings (SSSR count). The minimum Gasteiger partial charge on any atom is -0.323 e. The first-order valence-corrected chi connectivity index (χ1v) is 7.66. The van der Waals surface area contributed by atoms with Crippen molar-refractivity contribution in [3.8, 4) is 5.69 Å². The fraction of sp³-hybridized carbons (Fsp3) is 0.176. The van der Waals surface area contributed by atoms with Gasteiger partial charge in [0.25, 0.3) is 5.56 Å². The van der Waals surface area contributed by atoms with Crippen LogP contribution in [0, 0.1) is 13.8 Å². The zero-order valence-electron chi connectivity index (χ0n) is 13.8. The third-order valence-electron chi connectivity index (χ3n) is 3.63.